The molecule has 0 aliphatic carbocycles. The molecule has 0 radical (unpaired) electrons. The third-order valence-corrected chi connectivity index (χ3v) is 5.41. The van der Waals surface area contributed by atoms with E-state index < -0.39 is 0 Å². The summed E-state index contributed by atoms with van der Waals surface area (Å²) in [6, 6.07) is 16.4. The van der Waals surface area contributed by atoms with Gasteiger partial charge in [0.15, 0.2) is 5.11 Å². The van der Waals surface area contributed by atoms with Gasteiger partial charge in [0, 0.05) is 11.3 Å². The molecule has 0 unspecified atom stereocenters. The lowest BCUT2D eigenvalue weighted by Gasteiger charge is -2.34. The Kier molecular flexibility index (Phi) is 5.87. The first-order chi connectivity index (χ1) is 12.5. The van der Waals surface area contributed by atoms with Gasteiger partial charge in [0.2, 0.25) is 0 Å². The third kappa shape index (κ3) is 4.60. The standard InChI is InChI=1S/C21H24N4S/c1-16-3-8-20(13-17(16)2)23-21(26)25-11-9-24(10-12-25)15-19-6-4-18(14-22)5-7-19/h3-8,13H,9-12,15H2,1-2H3,(H,23,26)/p+1. The fraction of sp³-hybridized carbons (Fsp3) is 0.333. The lowest BCUT2D eigenvalue weighted by atomic mass is 10.1. The molecule has 0 saturated carbocycles. The second-order valence-electron chi connectivity index (χ2n) is 6.95. The highest BCUT2D eigenvalue weighted by atomic mass is 32.1. The Labute approximate surface area is 161 Å². The fourth-order valence-corrected chi connectivity index (χ4v) is 3.51. The van der Waals surface area contributed by atoms with Gasteiger partial charge < -0.3 is 15.1 Å². The van der Waals surface area contributed by atoms with Gasteiger partial charge in [0.1, 0.15) is 6.54 Å². The van der Waals surface area contributed by atoms with Crippen LogP contribution in [0.3, 0.4) is 0 Å². The third-order valence-electron chi connectivity index (χ3n) is 5.05. The SMILES string of the molecule is Cc1ccc(NC(=S)N2CC[NH+](Cc3ccc(C#N)cc3)CC2)cc1C. The van der Waals surface area contributed by atoms with E-state index in [1.54, 1.807) is 4.90 Å². The van der Waals surface area contributed by atoms with Gasteiger partial charge in [-0.2, -0.15) is 5.26 Å². The summed E-state index contributed by atoms with van der Waals surface area (Å²) in [5, 5.41) is 13.1. The van der Waals surface area contributed by atoms with Gasteiger partial charge in [-0.05, 0) is 61.5 Å². The molecule has 0 spiro atoms. The maximum atomic E-state index is 8.89. The van der Waals surface area contributed by atoms with Crippen molar-refractivity contribution in [2.75, 3.05) is 31.5 Å². The highest BCUT2D eigenvalue weighted by Gasteiger charge is 2.22. The van der Waals surface area contributed by atoms with Gasteiger partial charge in [-0.25, -0.2) is 0 Å². The minimum Gasteiger partial charge on any atom is -0.338 e. The van der Waals surface area contributed by atoms with Crippen LogP contribution < -0.4 is 10.2 Å². The molecule has 2 N–H and O–H groups in total. The van der Waals surface area contributed by atoms with Crippen molar-refractivity contribution in [1.29, 1.82) is 5.26 Å². The molecule has 1 aliphatic rings. The molecule has 1 fully saturated rings. The quantitative estimate of drug-likeness (QED) is 0.819. The Hall–Kier alpha value is -2.42. The molecule has 2 aromatic rings. The lowest BCUT2D eigenvalue weighted by Crippen LogP contribution is -3.13. The molecule has 5 heteroatoms. The van der Waals surface area contributed by atoms with E-state index in [0.717, 1.165) is 49.1 Å². The fourth-order valence-electron chi connectivity index (χ4n) is 3.21. The molecule has 0 atom stereocenters. The number of thiocarbonyl (C=S) groups is 1. The van der Waals surface area contributed by atoms with E-state index in [1.165, 1.54) is 16.7 Å². The molecule has 2 aromatic carbocycles. The van der Waals surface area contributed by atoms with Crippen molar-refractivity contribution in [3.05, 3.63) is 64.7 Å². The summed E-state index contributed by atoms with van der Waals surface area (Å²) >= 11 is 5.60. The summed E-state index contributed by atoms with van der Waals surface area (Å²) in [6.07, 6.45) is 0. The number of nitrogens with one attached hydrogen (secondary N) is 2. The normalized spacial score (nSPS) is 14.7. The van der Waals surface area contributed by atoms with Crippen LogP contribution in [0.1, 0.15) is 22.3 Å². The van der Waals surface area contributed by atoms with Gasteiger partial charge in [0.25, 0.3) is 0 Å². The number of anilines is 1. The molecule has 0 amide bonds. The molecule has 1 aliphatic heterocycles. The summed E-state index contributed by atoms with van der Waals surface area (Å²) in [6.45, 7) is 9.28. The summed E-state index contributed by atoms with van der Waals surface area (Å²) in [7, 11) is 0. The Morgan fingerprint density at radius 3 is 2.42 bits per heavy atom. The predicted molar refractivity (Wildman–Crippen MR) is 109 cm³/mol. The summed E-state index contributed by atoms with van der Waals surface area (Å²) in [5.41, 5.74) is 5.63. The van der Waals surface area contributed by atoms with E-state index in [9.17, 15) is 0 Å². The van der Waals surface area contributed by atoms with Crippen LogP contribution in [0.2, 0.25) is 0 Å². The molecule has 1 saturated heterocycles. The Balaban J connectivity index is 1.50. The van der Waals surface area contributed by atoms with Crippen molar-refractivity contribution in [3.63, 3.8) is 0 Å². The number of hydrogen-bond donors (Lipinski definition) is 2. The lowest BCUT2D eigenvalue weighted by molar-refractivity contribution is -0.917. The predicted octanol–water partition coefficient (Wildman–Crippen LogP) is 2.27. The molecule has 1 heterocycles. The van der Waals surface area contributed by atoms with Crippen LogP contribution in [0.25, 0.3) is 0 Å². The minimum atomic E-state index is 0.719. The number of aryl methyl sites for hydroxylation is 2. The molecule has 4 nitrogen and oxygen atoms in total. The van der Waals surface area contributed by atoms with E-state index in [4.69, 9.17) is 17.5 Å². The molecular formula is C21H25N4S+. The molecular weight excluding hydrogens is 340 g/mol. The smallest absolute Gasteiger partial charge is 0.173 e. The van der Waals surface area contributed by atoms with Gasteiger partial charge >= 0.3 is 0 Å². The van der Waals surface area contributed by atoms with Crippen molar-refractivity contribution in [2.45, 2.75) is 20.4 Å². The summed E-state index contributed by atoms with van der Waals surface area (Å²) in [5.74, 6) is 0. The van der Waals surface area contributed by atoms with Crippen molar-refractivity contribution in [3.8, 4) is 6.07 Å². The van der Waals surface area contributed by atoms with Crippen molar-refractivity contribution < 1.29 is 4.90 Å². The van der Waals surface area contributed by atoms with Crippen LogP contribution in [0, 0.1) is 25.2 Å². The number of quaternary nitrogens is 1. The van der Waals surface area contributed by atoms with Crippen molar-refractivity contribution in [1.82, 2.24) is 4.90 Å². The number of nitriles is 1. The topological polar surface area (TPSA) is 43.5 Å². The Morgan fingerprint density at radius 2 is 1.81 bits per heavy atom. The highest BCUT2D eigenvalue weighted by molar-refractivity contribution is 7.80. The van der Waals surface area contributed by atoms with Gasteiger partial charge in [0.05, 0.1) is 37.8 Å². The van der Waals surface area contributed by atoms with Crippen LogP contribution in [0.5, 0.6) is 0 Å². The first-order valence-electron chi connectivity index (χ1n) is 9.01. The van der Waals surface area contributed by atoms with Gasteiger partial charge in [-0.1, -0.05) is 18.2 Å². The zero-order valence-corrected chi connectivity index (χ0v) is 16.2. The number of nitrogens with zero attached hydrogens (tertiary/aromatic N) is 2. The first-order valence-corrected chi connectivity index (χ1v) is 9.42. The average Bonchev–Trinajstić information content (AvgIpc) is 2.66. The van der Waals surface area contributed by atoms with Crippen LogP contribution in [-0.4, -0.2) is 36.2 Å². The van der Waals surface area contributed by atoms with Crippen LogP contribution >= 0.6 is 12.2 Å². The second kappa shape index (κ2) is 8.31. The second-order valence-corrected chi connectivity index (χ2v) is 7.34. The Bertz CT molecular complexity index is 815. The van der Waals surface area contributed by atoms with E-state index >= 15 is 0 Å². The Morgan fingerprint density at radius 1 is 1.12 bits per heavy atom. The average molecular weight is 366 g/mol. The first kappa shape index (κ1) is 18.4. The highest BCUT2D eigenvalue weighted by Crippen LogP contribution is 2.14. The molecule has 3 rings (SSSR count). The number of rotatable bonds is 3. The molecule has 26 heavy (non-hydrogen) atoms. The largest absolute Gasteiger partial charge is 0.338 e. The van der Waals surface area contributed by atoms with Crippen LogP contribution in [-0.2, 0) is 6.54 Å². The number of piperazine rings is 1. The van der Waals surface area contributed by atoms with E-state index in [-0.39, 0.29) is 0 Å². The minimum absolute atomic E-state index is 0.719. The van der Waals surface area contributed by atoms with Crippen LogP contribution in [0.15, 0.2) is 42.5 Å². The molecule has 0 aromatic heterocycles. The van der Waals surface area contributed by atoms with E-state index in [2.05, 4.69) is 60.5 Å². The molecule has 0 bridgehead atoms. The van der Waals surface area contributed by atoms with Crippen molar-refractivity contribution >= 4 is 23.0 Å². The van der Waals surface area contributed by atoms with Gasteiger partial charge in [-0.15, -0.1) is 0 Å². The monoisotopic (exact) mass is 365 g/mol. The maximum Gasteiger partial charge on any atom is 0.173 e. The molecule has 134 valence electrons. The zero-order valence-electron chi connectivity index (χ0n) is 15.4. The van der Waals surface area contributed by atoms with Crippen molar-refractivity contribution in [2.24, 2.45) is 0 Å². The summed E-state index contributed by atoms with van der Waals surface area (Å²) < 4.78 is 0. The number of benzene rings is 2. The maximum absolute atomic E-state index is 8.89. The summed E-state index contributed by atoms with van der Waals surface area (Å²) in [4.78, 5) is 3.81. The van der Waals surface area contributed by atoms with Gasteiger partial charge in [-0.3, -0.25) is 0 Å². The van der Waals surface area contributed by atoms with Crippen LogP contribution in [0.4, 0.5) is 5.69 Å². The number of hydrogen-bond acceptors (Lipinski definition) is 2. The zero-order chi connectivity index (χ0) is 18.5. The van der Waals surface area contributed by atoms with E-state index in [1.807, 2.05) is 12.1 Å². The van der Waals surface area contributed by atoms with E-state index in [0.29, 0.717) is 0 Å².